The smallest absolute Gasteiger partial charge is 0.144 e. The van der Waals surface area contributed by atoms with E-state index >= 15 is 0 Å². The largest absolute Gasteiger partial charge is 0.316 e. The lowest BCUT2D eigenvalue weighted by Gasteiger charge is -2.36. The van der Waals surface area contributed by atoms with Gasteiger partial charge in [0.2, 0.25) is 0 Å². The SMILES string of the molecule is CCCC1(C(=O)Cc2cc(F)ccc2F)CCCNC1. The average molecular weight is 281 g/mol. The van der Waals surface area contributed by atoms with Gasteiger partial charge in [-0.25, -0.2) is 8.78 Å². The van der Waals surface area contributed by atoms with Gasteiger partial charge in [0, 0.05) is 18.4 Å². The summed E-state index contributed by atoms with van der Waals surface area (Å²) in [5.74, 6) is -0.980. The van der Waals surface area contributed by atoms with Crippen molar-refractivity contribution in [3.63, 3.8) is 0 Å². The first kappa shape index (κ1) is 15.1. The van der Waals surface area contributed by atoms with Crippen LogP contribution >= 0.6 is 0 Å². The maximum Gasteiger partial charge on any atom is 0.144 e. The Kier molecular flexibility index (Phi) is 4.86. The number of benzene rings is 1. The molecule has 1 unspecified atom stereocenters. The van der Waals surface area contributed by atoms with Crippen LogP contribution in [0.25, 0.3) is 0 Å². The molecule has 1 aromatic rings. The number of piperidine rings is 1. The Morgan fingerprint density at radius 1 is 1.40 bits per heavy atom. The molecule has 0 aromatic heterocycles. The van der Waals surface area contributed by atoms with Crippen molar-refractivity contribution in [3.8, 4) is 0 Å². The zero-order valence-electron chi connectivity index (χ0n) is 11.8. The summed E-state index contributed by atoms with van der Waals surface area (Å²) in [5, 5.41) is 3.26. The number of nitrogens with one attached hydrogen (secondary N) is 1. The van der Waals surface area contributed by atoms with Gasteiger partial charge in [-0.1, -0.05) is 13.3 Å². The lowest BCUT2D eigenvalue weighted by atomic mass is 9.72. The molecule has 1 heterocycles. The van der Waals surface area contributed by atoms with Crippen molar-refractivity contribution in [2.45, 2.75) is 39.0 Å². The molecule has 0 spiro atoms. The van der Waals surface area contributed by atoms with Gasteiger partial charge in [-0.05, 0) is 49.6 Å². The molecule has 1 aromatic carbocycles. The second-order valence-electron chi connectivity index (χ2n) is 5.65. The third-order valence-electron chi connectivity index (χ3n) is 4.15. The number of hydrogen-bond donors (Lipinski definition) is 1. The number of hydrogen-bond acceptors (Lipinski definition) is 2. The third kappa shape index (κ3) is 3.23. The molecule has 110 valence electrons. The molecule has 1 aliphatic rings. The van der Waals surface area contributed by atoms with E-state index in [0.717, 1.165) is 50.4 Å². The fourth-order valence-electron chi connectivity index (χ4n) is 3.08. The molecule has 1 N–H and O–H groups in total. The summed E-state index contributed by atoms with van der Waals surface area (Å²) < 4.78 is 26.9. The predicted octanol–water partition coefficient (Wildman–Crippen LogP) is 3.25. The van der Waals surface area contributed by atoms with E-state index in [1.54, 1.807) is 0 Å². The first-order valence-electron chi connectivity index (χ1n) is 7.25. The number of rotatable bonds is 5. The van der Waals surface area contributed by atoms with Gasteiger partial charge in [0.15, 0.2) is 0 Å². The fraction of sp³-hybridized carbons (Fsp3) is 0.562. The van der Waals surface area contributed by atoms with E-state index in [0.29, 0.717) is 6.54 Å². The van der Waals surface area contributed by atoms with Crippen LogP contribution in [0, 0.1) is 17.0 Å². The molecule has 0 saturated carbocycles. The summed E-state index contributed by atoms with van der Waals surface area (Å²) in [4.78, 5) is 12.6. The Morgan fingerprint density at radius 2 is 2.20 bits per heavy atom. The van der Waals surface area contributed by atoms with Crippen LogP contribution in [0.1, 0.15) is 38.2 Å². The molecule has 1 atom stereocenters. The minimum absolute atomic E-state index is 0.0225. The number of carbonyl (C=O) groups is 1. The van der Waals surface area contributed by atoms with Crippen molar-refractivity contribution >= 4 is 5.78 Å². The number of Topliss-reactive ketones (excluding diaryl/α,β-unsaturated/α-hetero) is 1. The van der Waals surface area contributed by atoms with Crippen LogP contribution in [-0.2, 0) is 11.2 Å². The third-order valence-corrected chi connectivity index (χ3v) is 4.15. The van der Waals surface area contributed by atoms with E-state index in [2.05, 4.69) is 5.32 Å². The van der Waals surface area contributed by atoms with E-state index in [1.807, 2.05) is 6.92 Å². The highest BCUT2D eigenvalue weighted by Crippen LogP contribution is 2.34. The zero-order valence-corrected chi connectivity index (χ0v) is 11.8. The summed E-state index contributed by atoms with van der Waals surface area (Å²) >= 11 is 0. The van der Waals surface area contributed by atoms with Crippen molar-refractivity contribution in [2.75, 3.05) is 13.1 Å². The van der Waals surface area contributed by atoms with Crippen LogP contribution in [0.5, 0.6) is 0 Å². The van der Waals surface area contributed by atoms with Crippen LogP contribution in [0.2, 0.25) is 0 Å². The summed E-state index contributed by atoms with van der Waals surface area (Å²) in [7, 11) is 0. The standard InChI is InChI=1S/C16H21F2NO/c1-2-6-16(7-3-8-19-11-16)15(20)10-12-9-13(17)4-5-14(12)18/h4-5,9,19H,2-3,6-8,10-11H2,1H3. The Labute approximate surface area is 118 Å². The Hall–Kier alpha value is -1.29. The Morgan fingerprint density at radius 3 is 2.85 bits per heavy atom. The van der Waals surface area contributed by atoms with E-state index < -0.39 is 17.0 Å². The summed E-state index contributed by atoms with van der Waals surface area (Å²) in [6.07, 6.45) is 3.49. The highest BCUT2D eigenvalue weighted by atomic mass is 19.1. The Bertz CT molecular complexity index is 476. The first-order chi connectivity index (χ1) is 9.57. The quantitative estimate of drug-likeness (QED) is 0.897. The molecule has 1 fully saturated rings. The van der Waals surface area contributed by atoms with Crippen molar-refractivity contribution < 1.29 is 13.6 Å². The van der Waals surface area contributed by atoms with E-state index in [4.69, 9.17) is 0 Å². The van der Waals surface area contributed by atoms with Gasteiger partial charge in [0.1, 0.15) is 17.4 Å². The van der Waals surface area contributed by atoms with Crippen molar-refractivity contribution in [1.29, 1.82) is 0 Å². The molecule has 2 nitrogen and oxygen atoms in total. The van der Waals surface area contributed by atoms with E-state index in [9.17, 15) is 13.6 Å². The molecular weight excluding hydrogens is 260 g/mol. The van der Waals surface area contributed by atoms with Gasteiger partial charge in [-0.15, -0.1) is 0 Å². The van der Waals surface area contributed by atoms with Gasteiger partial charge in [-0.3, -0.25) is 4.79 Å². The van der Waals surface area contributed by atoms with Gasteiger partial charge in [-0.2, -0.15) is 0 Å². The summed E-state index contributed by atoms with van der Waals surface area (Å²) in [5.41, 5.74) is -0.248. The number of carbonyl (C=O) groups excluding carboxylic acids is 1. The minimum Gasteiger partial charge on any atom is -0.316 e. The number of ketones is 1. The second kappa shape index (κ2) is 6.44. The van der Waals surface area contributed by atoms with Crippen LogP contribution in [0.3, 0.4) is 0 Å². The highest BCUT2D eigenvalue weighted by Gasteiger charge is 2.38. The average Bonchev–Trinajstić information content (AvgIpc) is 2.44. The lowest BCUT2D eigenvalue weighted by molar-refractivity contribution is -0.129. The molecule has 0 bridgehead atoms. The minimum atomic E-state index is -0.504. The van der Waals surface area contributed by atoms with Crippen molar-refractivity contribution in [3.05, 3.63) is 35.4 Å². The van der Waals surface area contributed by atoms with E-state index in [-0.39, 0.29) is 17.8 Å². The Balaban J connectivity index is 2.18. The molecule has 20 heavy (non-hydrogen) atoms. The maximum absolute atomic E-state index is 13.7. The van der Waals surface area contributed by atoms with Crippen molar-refractivity contribution in [2.24, 2.45) is 5.41 Å². The topological polar surface area (TPSA) is 29.1 Å². The molecular formula is C16H21F2NO. The molecule has 1 saturated heterocycles. The molecule has 2 rings (SSSR count). The monoisotopic (exact) mass is 281 g/mol. The second-order valence-corrected chi connectivity index (χ2v) is 5.65. The van der Waals surface area contributed by atoms with Crippen LogP contribution in [0.4, 0.5) is 8.78 Å². The van der Waals surface area contributed by atoms with E-state index in [1.165, 1.54) is 0 Å². The van der Waals surface area contributed by atoms with Gasteiger partial charge in [0.25, 0.3) is 0 Å². The van der Waals surface area contributed by atoms with Crippen LogP contribution < -0.4 is 5.32 Å². The molecule has 0 aliphatic carbocycles. The maximum atomic E-state index is 13.7. The van der Waals surface area contributed by atoms with Gasteiger partial charge < -0.3 is 5.32 Å². The molecule has 4 heteroatoms. The fourth-order valence-corrected chi connectivity index (χ4v) is 3.08. The lowest BCUT2D eigenvalue weighted by Crippen LogP contribution is -2.46. The van der Waals surface area contributed by atoms with Crippen LogP contribution in [0.15, 0.2) is 18.2 Å². The molecule has 0 amide bonds. The van der Waals surface area contributed by atoms with Crippen LogP contribution in [-0.4, -0.2) is 18.9 Å². The van der Waals surface area contributed by atoms with Gasteiger partial charge in [0.05, 0.1) is 0 Å². The normalized spacial score (nSPS) is 22.8. The first-order valence-corrected chi connectivity index (χ1v) is 7.25. The zero-order chi connectivity index (χ0) is 14.6. The predicted molar refractivity (Wildman–Crippen MR) is 74.5 cm³/mol. The van der Waals surface area contributed by atoms with Crippen molar-refractivity contribution in [1.82, 2.24) is 5.32 Å². The number of halogens is 2. The highest BCUT2D eigenvalue weighted by molar-refractivity contribution is 5.87. The molecule has 1 aliphatic heterocycles. The molecule has 0 radical (unpaired) electrons. The summed E-state index contributed by atoms with van der Waals surface area (Å²) in [6.45, 7) is 3.62. The van der Waals surface area contributed by atoms with Gasteiger partial charge >= 0.3 is 0 Å². The summed E-state index contributed by atoms with van der Waals surface area (Å²) in [6, 6.07) is 3.29.